The smallest absolute Gasteiger partial charge is 0.343 e. The third-order valence-electron chi connectivity index (χ3n) is 4.60. The molecule has 0 bridgehead atoms. The Labute approximate surface area is 167 Å². The molecule has 1 aromatic heterocycles. The number of benzene rings is 2. The van der Waals surface area contributed by atoms with Crippen molar-refractivity contribution in [3.8, 4) is 0 Å². The van der Waals surface area contributed by atoms with Gasteiger partial charge >= 0.3 is 6.03 Å². The molecule has 0 saturated carbocycles. The molecular weight excluding hydrogens is 368 g/mol. The molecule has 4 rings (SSSR count). The highest BCUT2D eigenvalue weighted by atomic mass is 16.3. The molecule has 0 atom stereocenters. The normalized spacial score (nSPS) is 14.6. The molecule has 6 nitrogen and oxygen atoms in total. The summed E-state index contributed by atoms with van der Waals surface area (Å²) in [5.74, 6) is -1.03. The summed E-state index contributed by atoms with van der Waals surface area (Å²) >= 11 is 0. The van der Waals surface area contributed by atoms with Crippen molar-refractivity contribution < 1.29 is 18.8 Å². The number of aryl methyl sites for hydroxylation is 2. The minimum absolute atomic E-state index is 0.150. The monoisotopic (exact) mass is 386 g/mol. The Bertz CT molecular complexity index is 1080. The number of carbonyl (C=O) groups is 3. The van der Waals surface area contributed by atoms with Gasteiger partial charge in [-0.3, -0.25) is 9.59 Å². The number of barbiturate groups is 1. The van der Waals surface area contributed by atoms with E-state index in [1.165, 1.54) is 12.3 Å². The highest BCUT2D eigenvalue weighted by Gasteiger charge is 2.43. The lowest BCUT2D eigenvalue weighted by Crippen LogP contribution is -2.57. The van der Waals surface area contributed by atoms with Gasteiger partial charge in [0.15, 0.2) is 0 Å². The fourth-order valence-corrected chi connectivity index (χ4v) is 3.23. The molecule has 144 valence electrons. The number of anilines is 2. The third kappa shape index (κ3) is 3.36. The third-order valence-corrected chi connectivity index (χ3v) is 4.60. The molecule has 3 aromatic rings. The van der Waals surface area contributed by atoms with Crippen LogP contribution in [0, 0.1) is 13.8 Å². The molecule has 2 aromatic carbocycles. The van der Waals surface area contributed by atoms with E-state index in [-0.39, 0.29) is 5.57 Å². The predicted molar refractivity (Wildman–Crippen MR) is 109 cm³/mol. The zero-order chi connectivity index (χ0) is 20.5. The van der Waals surface area contributed by atoms with E-state index in [9.17, 15) is 14.4 Å². The Morgan fingerprint density at radius 3 is 1.76 bits per heavy atom. The van der Waals surface area contributed by atoms with Crippen molar-refractivity contribution >= 4 is 35.3 Å². The van der Waals surface area contributed by atoms with E-state index in [2.05, 4.69) is 0 Å². The van der Waals surface area contributed by atoms with Crippen LogP contribution in [-0.2, 0) is 9.59 Å². The summed E-state index contributed by atoms with van der Waals surface area (Å²) < 4.78 is 5.28. The average molecular weight is 386 g/mol. The number of imide groups is 2. The number of amides is 4. The first-order chi connectivity index (χ1) is 14.0. The van der Waals surface area contributed by atoms with Crippen LogP contribution in [0.15, 0.2) is 76.9 Å². The predicted octanol–water partition coefficient (Wildman–Crippen LogP) is 4.48. The number of hydrogen-bond acceptors (Lipinski definition) is 4. The maximum absolute atomic E-state index is 13.3. The minimum Gasteiger partial charge on any atom is -0.465 e. The highest BCUT2D eigenvalue weighted by molar-refractivity contribution is 6.46. The number of furan rings is 1. The van der Waals surface area contributed by atoms with Crippen LogP contribution in [0.1, 0.15) is 16.9 Å². The van der Waals surface area contributed by atoms with Gasteiger partial charge in [-0.1, -0.05) is 24.3 Å². The van der Waals surface area contributed by atoms with Gasteiger partial charge in [0.25, 0.3) is 11.8 Å². The topological polar surface area (TPSA) is 70.8 Å². The summed E-state index contributed by atoms with van der Waals surface area (Å²) in [4.78, 5) is 41.7. The molecule has 0 aliphatic carbocycles. The van der Waals surface area contributed by atoms with Crippen molar-refractivity contribution in [3.63, 3.8) is 0 Å². The maximum Gasteiger partial charge on any atom is 0.343 e. The molecule has 0 N–H and O–H groups in total. The molecule has 0 spiro atoms. The van der Waals surface area contributed by atoms with Gasteiger partial charge in [-0.15, -0.1) is 0 Å². The van der Waals surface area contributed by atoms with E-state index in [1.807, 2.05) is 26.0 Å². The number of urea groups is 1. The summed E-state index contributed by atoms with van der Waals surface area (Å²) in [5, 5.41) is 0. The van der Waals surface area contributed by atoms with Gasteiger partial charge in [0.1, 0.15) is 11.3 Å². The standard InChI is InChI=1S/C23H18N2O4/c1-15-6-3-8-17(12-15)24-21(26)20(14-19-10-5-11-29-19)22(27)25(23(24)28)18-9-4-7-16(2)13-18/h3-14H,1-2H3. The average Bonchev–Trinajstić information content (AvgIpc) is 3.19. The maximum atomic E-state index is 13.3. The van der Waals surface area contributed by atoms with Gasteiger partial charge in [0.2, 0.25) is 0 Å². The summed E-state index contributed by atoms with van der Waals surface area (Å²) in [5.41, 5.74) is 2.42. The first-order valence-electron chi connectivity index (χ1n) is 9.07. The largest absolute Gasteiger partial charge is 0.465 e. The Hall–Kier alpha value is -3.93. The number of hydrogen-bond donors (Lipinski definition) is 0. The quantitative estimate of drug-likeness (QED) is 0.492. The zero-order valence-electron chi connectivity index (χ0n) is 16.0. The van der Waals surface area contributed by atoms with Crippen LogP contribution in [0.4, 0.5) is 16.2 Å². The molecule has 0 unspecified atom stereocenters. The molecule has 4 amide bonds. The number of carbonyl (C=O) groups excluding carboxylic acids is 3. The van der Waals surface area contributed by atoms with Crippen molar-refractivity contribution in [1.82, 2.24) is 0 Å². The molecule has 6 heteroatoms. The van der Waals surface area contributed by atoms with Crippen molar-refractivity contribution in [2.45, 2.75) is 13.8 Å². The summed E-state index contributed by atoms with van der Waals surface area (Å²) in [6.45, 7) is 3.73. The second kappa shape index (κ2) is 7.24. The zero-order valence-corrected chi connectivity index (χ0v) is 16.0. The van der Waals surface area contributed by atoms with Crippen LogP contribution in [0.3, 0.4) is 0 Å². The van der Waals surface area contributed by atoms with Crippen LogP contribution in [0.5, 0.6) is 0 Å². The Morgan fingerprint density at radius 2 is 1.31 bits per heavy atom. The fraction of sp³-hybridized carbons (Fsp3) is 0.0870. The van der Waals surface area contributed by atoms with Crippen LogP contribution >= 0.6 is 0 Å². The Morgan fingerprint density at radius 1 is 0.759 bits per heavy atom. The Balaban J connectivity index is 1.89. The second-order valence-corrected chi connectivity index (χ2v) is 6.82. The molecule has 0 radical (unpaired) electrons. The second-order valence-electron chi connectivity index (χ2n) is 6.82. The van der Waals surface area contributed by atoms with Crippen LogP contribution in [0.2, 0.25) is 0 Å². The van der Waals surface area contributed by atoms with Crippen molar-refractivity contribution in [3.05, 3.63) is 89.4 Å². The number of nitrogens with zero attached hydrogens (tertiary/aromatic N) is 2. The molecule has 1 aliphatic heterocycles. The summed E-state index contributed by atoms with van der Waals surface area (Å²) in [7, 11) is 0. The first-order valence-corrected chi connectivity index (χ1v) is 9.07. The first kappa shape index (κ1) is 18.4. The van der Waals surface area contributed by atoms with E-state index in [0.29, 0.717) is 17.1 Å². The van der Waals surface area contributed by atoms with Gasteiger partial charge in [-0.2, -0.15) is 0 Å². The lowest BCUT2D eigenvalue weighted by molar-refractivity contribution is -0.121. The Kier molecular flexibility index (Phi) is 4.60. The van der Waals surface area contributed by atoms with Crippen molar-refractivity contribution in [1.29, 1.82) is 0 Å². The summed E-state index contributed by atoms with van der Waals surface area (Å²) in [6, 6.07) is 16.6. The SMILES string of the molecule is Cc1cccc(N2C(=O)C(=Cc3ccco3)C(=O)N(c3cccc(C)c3)C2=O)c1. The van der Waals surface area contributed by atoms with E-state index in [1.54, 1.807) is 48.5 Å². The van der Waals surface area contributed by atoms with Gasteiger partial charge in [-0.05, 0) is 67.4 Å². The van der Waals surface area contributed by atoms with E-state index < -0.39 is 17.8 Å². The van der Waals surface area contributed by atoms with Gasteiger partial charge in [-0.25, -0.2) is 14.6 Å². The lowest BCUT2D eigenvalue weighted by Gasteiger charge is -2.34. The van der Waals surface area contributed by atoms with E-state index in [0.717, 1.165) is 20.9 Å². The van der Waals surface area contributed by atoms with Gasteiger partial charge < -0.3 is 4.42 Å². The molecule has 1 aliphatic rings. The molecular formula is C23H18N2O4. The van der Waals surface area contributed by atoms with Crippen LogP contribution < -0.4 is 9.80 Å². The highest BCUT2D eigenvalue weighted by Crippen LogP contribution is 2.30. The summed E-state index contributed by atoms with van der Waals surface area (Å²) in [6.07, 6.45) is 2.81. The van der Waals surface area contributed by atoms with E-state index in [4.69, 9.17) is 4.42 Å². The minimum atomic E-state index is -0.715. The van der Waals surface area contributed by atoms with Crippen LogP contribution in [-0.4, -0.2) is 17.8 Å². The molecule has 1 saturated heterocycles. The molecule has 2 heterocycles. The van der Waals surface area contributed by atoms with Crippen molar-refractivity contribution in [2.24, 2.45) is 0 Å². The number of rotatable bonds is 3. The van der Waals surface area contributed by atoms with Crippen molar-refractivity contribution in [2.75, 3.05) is 9.80 Å². The molecule has 1 fully saturated rings. The van der Waals surface area contributed by atoms with Crippen LogP contribution in [0.25, 0.3) is 6.08 Å². The lowest BCUT2D eigenvalue weighted by atomic mass is 10.1. The molecule has 29 heavy (non-hydrogen) atoms. The van der Waals surface area contributed by atoms with E-state index >= 15 is 0 Å². The fourth-order valence-electron chi connectivity index (χ4n) is 3.23. The van der Waals surface area contributed by atoms with Gasteiger partial charge in [0.05, 0.1) is 17.6 Å². The van der Waals surface area contributed by atoms with Gasteiger partial charge in [0, 0.05) is 0 Å².